The fraction of sp³-hybridized carbons (Fsp3) is 0.778. The molecule has 0 nitrogen and oxygen atoms in total. The smallest absolute Gasteiger partial charge is 0.0130 e. The predicted molar refractivity (Wildman–Crippen MR) is 49.2 cm³/mol. The van der Waals surface area contributed by atoms with Gasteiger partial charge in [-0.15, -0.1) is 12.6 Å². The van der Waals surface area contributed by atoms with Crippen molar-refractivity contribution in [3.05, 3.63) is 10.5 Å². The van der Waals surface area contributed by atoms with Crippen molar-refractivity contribution in [3.63, 3.8) is 0 Å². The third-order valence-electron chi connectivity index (χ3n) is 2.34. The van der Waals surface area contributed by atoms with E-state index in [9.17, 15) is 0 Å². The van der Waals surface area contributed by atoms with Crippen LogP contribution in [0.1, 0.15) is 33.6 Å². The van der Waals surface area contributed by atoms with Crippen molar-refractivity contribution in [2.75, 3.05) is 0 Å². The Labute approximate surface area is 69.1 Å². The first-order valence-corrected chi connectivity index (χ1v) is 4.49. The van der Waals surface area contributed by atoms with Gasteiger partial charge in [-0.2, -0.15) is 0 Å². The highest BCUT2D eigenvalue weighted by Crippen LogP contribution is 2.37. The third kappa shape index (κ3) is 1.39. The minimum Gasteiger partial charge on any atom is -0.148 e. The molecule has 0 aromatic rings. The van der Waals surface area contributed by atoms with Gasteiger partial charge in [-0.25, -0.2) is 0 Å². The average molecular weight is 156 g/mol. The monoisotopic (exact) mass is 156 g/mol. The van der Waals surface area contributed by atoms with Crippen LogP contribution in [0.25, 0.3) is 0 Å². The Kier molecular flexibility index (Phi) is 2.45. The molecule has 0 aromatic heterocycles. The van der Waals surface area contributed by atoms with Crippen LogP contribution < -0.4 is 0 Å². The summed E-state index contributed by atoms with van der Waals surface area (Å²) in [7, 11) is 0. The molecule has 0 saturated carbocycles. The molecule has 1 rings (SSSR count). The van der Waals surface area contributed by atoms with Crippen LogP contribution in [0, 0.1) is 11.8 Å². The lowest BCUT2D eigenvalue weighted by molar-refractivity contribution is 0.672. The van der Waals surface area contributed by atoms with Crippen LogP contribution in [0.5, 0.6) is 0 Å². The van der Waals surface area contributed by atoms with E-state index in [1.165, 1.54) is 17.7 Å². The Morgan fingerprint density at radius 1 is 1.50 bits per heavy atom. The molecule has 1 heteroatoms. The molecule has 0 saturated heterocycles. The van der Waals surface area contributed by atoms with Crippen LogP contribution in [-0.2, 0) is 0 Å². The van der Waals surface area contributed by atoms with Gasteiger partial charge in [0.25, 0.3) is 0 Å². The van der Waals surface area contributed by atoms with Gasteiger partial charge in [0.05, 0.1) is 0 Å². The molecular formula is C9H16S. The summed E-state index contributed by atoms with van der Waals surface area (Å²) in [6, 6.07) is 0. The standard InChI is InChI=1S/C9H16S/c1-6(2)8-5-4-7(3)9(8)10/h6-7,10H,4-5H2,1-3H3. The largest absolute Gasteiger partial charge is 0.148 e. The molecule has 0 bridgehead atoms. The Morgan fingerprint density at radius 3 is 2.30 bits per heavy atom. The Morgan fingerprint density at radius 2 is 2.10 bits per heavy atom. The zero-order chi connectivity index (χ0) is 7.72. The SMILES string of the molecule is CC(C)C1=C(S)C(C)CC1. The van der Waals surface area contributed by atoms with Crippen molar-refractivity contribution in [1.29, 1.82) is 0 Å². The van der Waals surface area contributed by atoms with Crippen molar-refractivity contribution < 1.29 is 0 Å². The van der Waals surface area contributed by atoms with Gasteiger partial charge in [0.15, 0.2) is 0 Å². The van der Waals surface area contributed by atoms with E-state index in [-0.39, 0.29) is 0 Å². The summed E-state index contributed by atoms with van der Waals surface area (Å²) in [6.45, 7) is 6.77. The third-order valence-corrected chi connectivity index (χ3v) is 3.07. The number of hydrogen-bond acceptors (Lipinski definition) is 1. The van der Waals surface area contributed by atoms with Gasteiger partial charge in [-0.1, -0.05) is 26.3 Å². The Bertz CT molecular complexity index is 156. The van der Waals surface area contributed by atoms with Gasteiger partial charge >= 0.3 is 0 Å². The molecule has 10 heavy (non-hydrogen) atoms. The summed E-state index contributed by atoms with van der Waals surface area (Å²) in [5.74, 6) is 1.43. The van der Waals surface area contributed by atoms with Crippen molar-refractivity contribution in [3.8, 4) is 0 Å². The maximum Gasteiger partial charge on any atom is -0.0130 e. The fourth-order valence-corrected chi connectivity index (χ4v) is 2.04. The quantitative estimate of drug-likeness (QED) is 0.553. The maximum absolute atomic E-state index is 4.50. The van der Waals surface area contributed by atoms with Crippen LogP contribution in [0.3, 0.4) is 0 Å². The average Bonchev–Trinajstić information content (AvgIpc) is 2.14. The fourth-order valence-electron chi connectivity index (χ4n) is 1.54. The molecule has 0 radical (unpaired) electrons. The van der Waals surface area contributed by atoms with E-state index in [1.807, 2.05) is 0 Å². The summed E-state index contributed by atoms with van der Waals surface area (Å²) < 4.78 is 0. The zero-order valence-corrected chi connectivity index (χ0v) is 7.91. The van der Waals surface area contributed by atoms with Crippen molar-refractivity contribution in [2.24, 2.45) is 11.8 Å². The molecule has 1 aliphatic carbocycles. The summed E-state index contributed by atoms with van der Waals surface area (Å²) in [5.41, 5.74) is 1.58. The Hall–Kier alpha value is 0.0900. The molecule has 0 amide bonds. The first kappa shape index (κ1) is 8.19. The summed E-state index contributed by atoms with van der Waals surface area (Å²) in [6.07, 6.45) is 2.59. The van der Waals surface area contributed by atoms with E-state index in [0.29, 0.717) is 5.92 Å². The summed E-state index contributed by atoms with van der Waals surface area (Å²) in [5, 5.41) is 0. The van der Waals surface area contributed by atoms with Crippen molar-refractivity contribution in [2.45, 2.75) is 33.6 Å². The molecule has 0 fully saturated rings. The second-order valence-electron chi connectivity index (χ2n) is 3.50. The topological polar surface area (TPSA) is 0 Å². The van der Waals surface area contributed by atoms with E-state index in [2.05, 4.69) is 33.4 Å². The van der Waals surface area contributed by atoms with Gasteiger partial charge in [-0.05, 0) is 29.6 Å². The molecular weight excluding hydrogens is 140 g/mol. The predicted octanol–water partition coefficient (Wildman–Crippen LogP) is 3.26. The van der Waals surface area contributed by atoms with Gasteiger partial charge in [0.2, 0.25) is 0 Å². The maximum atomic E-state index is 4.50. The molecule has 0 N–H and O–H groups in total. The lowest BCUT2D eigenvalue weighted by atomic mass is 10.0. The molecule has 1 atom stereocenters. The highest BCUT2D eigenvalue weighted by Gasteiger charge is 2.20. The lowest BCUT2D eigenvalue weighted by Crippen LogP contribution is -1.91. The van der Waals surface area contributed by atoms with Gasteiger partial charge in [0, 0.05) is 0 Å². The molecule has 0 aromatic carbocycles. The minimum atomic E-state index is 0.706. The molecule has 0 aliphatic heterocycles. The Balaban J connectivity index is 2.75. The first-order chi connectivity index (χ1) is 4.63. The van der Waals surface area contributed by atoms with Crippen LogP contribution in [-0.4, -0.2) is 0 Å². The minimum absolute atomic E-state index is 0.706. The normalized spacial score (nSPS) is 26.7. The number of allylic oxidation sites excluding steroid dienone is 2. The number of rotatable bonds is 1. The molecule has 1 unspecified atom stereocenters. The van der Waals surface area contributed by atoms with E-state index in [4.69, 9.17) is 0 Å². The summed E-state index contributed by atoms with van der Waals surface area (Å²) in [4.78, 5) is 1.36. The molecule has 0 spiro atoms. The molecule has 58 valence electrons. The zero-order valence-electron chi connectivity index (χ0n) is 7.02. The van der Waals surface area contributed by atoms with Crippen molar-refractivity contribution >= 4 is 12.6 Å². The van der Waals surface area contributed by atoms with Crippen molar-refractivity contribution in [1.82, 2.24) is 0 Å². The van der Waals surface area contributed by atoms with E-state index in [0.717, 1.165) is 5.92 Å². The second kappa shape index (κ2) is 3.00. The lowest BCUT2D eigenvalue weighted by Gasteiger charge is -2.07. The van der Waals surface area contributed by atoms with Crippen LogP contribution in [0.2, 0.25) is 0 Å². The molecule has 1 aliphatic rings. The van der Waals surface area contributed by atoms with Crippen LogP contribution >= 0.6 is 12.6 Å². The first-order valence-electron chi connectivity index (χ1n) is 4.04. The number of hydrogen-bond donors (Lipinski definition) is 1. The van der Waals surface area contributed by atoms with E-state index >= 15 is 0 Å². The van der Waals surface area contributed by atoms with Crippen LogP contribution in [0.15, 0.2) is 10.5 Å². The van der Waals surface area contributed by atoms with Crippen LogP contribution in [0.4, 0.5) is 0 Å². The van der Waals surface area contributed by atoms with Gasteiger partial charge < -0.3 is 0 Å². The molecule has 0 heterocycles. The second-order valence-corrected chi connectivity index (χ2v) is 3.99. The van der Waals surface area contributed by atoms with E-state index < -0.39 is 0 Å². The van der Waals surface area contributed by atoms with Gasteiger partial charge in [0.1, 0.15) is 0 Å². The van der Waals surface area contributed by atoms with E-state index in [1.54, 1.807) is 5.57 Å². The highest BCUT2D eigenvalue weighted by atomic mass is 32.1. The van der Waals surface area contributed by atoms with Gasteiger partial charge in [-0.3, -0.25) is 0 Å². The summed E-state index contributed by atoms with van der Waals surface area (Å²) >= 11 is 4.50. The number of thiol groups is 1. The highest BCUT2D eigenvalue weighted by molar-refractivity contribution is 7.84.